The molecule has 0 radical (unpaired) electrons. The molecule has 20 heavy (non-hydrogen) atoms. The number of hydrogen-bond acceptors (Lipinski definition) is 3. The van der Waals surface area contributed by atoms with E-state index in [0.717, 1.165) is 0 Å². The van der Waals surface area contributed by atoms with Gasteiger partial charge in [-0.05, 0) is 36.4 Å². The van der Waals surface area contributed by atoms with Gasteiger partial charge in [0.1, 0.15) is 17.1 Å². The van der Waals surface area contributed by atoms with Crippen molar-refractivity contribution >= 4 is 23.5 Å². The number of aromatic carboxylic acids is 1. The van der Waals surface area contributed by atoms with Crippen LogP contribution in [0, 0.1) is 0 Å². The van der Waals surface area contributed by atoms with Crippen LogP contribution >= 0.6 is 11.6 Å². The van der Waals surface area contributed by atoms with E-state index < -0.39 is 11.9 Å². The van der Waals surface area contributed by atoms with Crippen LogP contribution < -0.4 is 10.5 Å². The topological polar surface area (TPSA) is 89.6 Å². The molecule has 0 fully saturated rings. The molecular formula is C14H10ClNO4. The van der Waals surface area contributed by atoms with E-state index in [1.54, 1.807) is 6.07 Å². The molecule has 102 valence electrons. The summed E-state index contributed by atoms with van der Waals surface area (Å²) in [7, 11) is 0. The number of nitrogens with two attached hydrogens (primary N) is 1. The number of hydrogen-bond donors (Lipinski definition) is 2. The summed E-state index contributed by atoms with van der Waals surface area (Å²) < 4.78 is 5.47. The molecule has 3 N–H and O–H groups in total. The van der Waals surface area contributed by atoms with E-state index in [1.807, 2.05) is 0 Å². The highest BCUT2D eigenvalue weighted by molar-refractivity contribution is 6.33. The maximum atomic E-state index is 11.2. The van der Waals surface area contributed by atoms with Gasteiger partial charge in [-0.2, -0.15) is 0 Å². The maximum absolute atomic E-state index is 11.2. The minimum Gasteiger partial charge on any atom is -0.478 e. The van der Waals surface area contributed by atoms with Crippen LogP contribution in [0.15, 0.2) is 42.5 Å². The Balaban J connectivity index is 2.33. The molecule has 0 bridgehead atoms. The van der Waals surface area contributed by atoms with Gasteiger partial charge in [0, 0.05) is 5.56 Å². The number of carboxylic acid groups (broad SMARTS) is 1. The van der Waals surface area contributed by atoms with E-state index in [1.165, 1.54) is 36.4 Å². The Hall–Kier alpha value is -2.53. The van der Waals surface area contributed by atoms with Crippen LogP contribution in [0.5, 0.6) is 11.5 Å². The first-order valence-corrected chi connectivity index (χ1v) is 5.96. The zero-order valence-electron chi connectivity index (χ0n) is 10.2. The Bertz CT molecular complexity index is 667. The molecule has 0 aromatic heterocycles. The second kappa shape index (κ2) is 5.63. The van der Waals surface area contributed by atoms with Crippen molar-refractivity contribution in [2.24, 2.45) is 5.73 Å². The average Bonchev–Trinajstić information content (AvgIpc) is 2.39. The van der Waals surface area contributed by atoms with Crippen LogP contribution in [0.3, 0.4) is 0 Å². The van der Waals surface area contributed by atoms with Gasteiger partial charge in [-0.25, -0.2) is 4.79 Å². The Labute approximate surface area is 119 Å². The van der Waals surface area contributed by atoms with Crippen molar-refractivity contribution in [3.05, 3.63) is 58.6 Å². The van der Waals surface area contributed by atoms with Crippen LogP contribution in [0.4, 0.5) is 0 Å². The lowest BCUT2D eigenvalue weighted by atomic mass is 10.2. The van der Waals surface area contributed by atoms with Crippen LogP contribution in [0.1, 0.15) is 20.7 Å². The Morgan fingerprint density at radius 1 is 1.10 bits per heavy atom. The highest BCUT2D eigenvalue weighted by Crippen LogP contribution is 2.30. The van der Waals surface area contributed by atoms with Crippen molar-refractivity contribution in [3.8, 4) is 11.5 Å². The molecule has 0 aliphatic heterocycles. The molecule has 0 saturated heterocycles. The quantitative estimate of drug-likeness (QED) is 0.906. The largest absolute Gasteiger partial charge is 0.478 e. The lowest BCUT2D eigenvalue weighted by molar-refractivity contribution is 0.0694. The molecule has 1 amide bonds. The zero-order chi connectivity index (χ0) is 14.7. The van der Waals surface area contributed by atoms with Gasteiger partial charge in [-0.3, -0.25) is 4.79 Å². The Morgan fingerprint density at radius 3 is 2.30 bits per heavy atom. The standard InChI is InChI=1S/C14H10ClNO4/c15-10-2-1-3-11(12(10)14(18)19)20-9-6-4-8(5-7-9)13(16)17/h1-7H,(H2,16,17)(H,18,19). The third-order valence-corrected chi connectivity index (χ3v) is 2.87. The van der Waals surface area contributed by atoms with E-state index in [-0.39, 0.29) is 16.3 Å². The first-order valence-electron chi connectivity index (χ1n) is 5.58. The van der Waals surface area contributed by atoms with Crippen molar-refractivity contribution in [3.63, 3.8) is 0 Å². The van der Waals surface area contributed by atoms with Gasteiger partial charge in [0.25, 0.3) is 0 Å². The second-order valence-corrected chi connectivity index (χ2v) is 4.32. The fraction of sp³-hybridized carbons (Fsp3) is 0. The van der Waals surface area contributed by atoms with E-state index in [2.05, 4.69) is 0 Å². The van der Waals surface area contributed by atoms with Crippen molar-refractivity contribution < 1.29 is 19.4 Å². The van der Waals surface area contributed by atoms with E-state index in [9.17, 15) is 9.59 Å². The second-order valence-electron chi connectivity index (χ2n) is 3.91. The van der Waals surface area contributed by atoms with Gasteiger partial charge in [0.15, 0.2) is 0 Å². The predicted molar refractivity (Wildman–Crippen MR) is 73.4 cm³/mol. The highest BCUT2D eigenvalue weighted by atomic mass is 35.5. The summed E-state index contributed by atoms with van der Waals surface area (Å²) in [6.45, 7) is 0. The summed E-state index contributed by atoms with van der Waals surface area (Å²) in [6.07, 6.45) is 0. The summed E-state index contributed by atoms with van der Waals surface area (Å²) in [5.41, 5.74) is 5.34. The molecule has 0 heterocycles. The fourth-order valence-electron chi connectivity index (χ4n) is 1.61. The minimum absolute atomic E-state index is 0.0868. The number of ether oxygens (including phenoxy) is 1. The summed E-state index contributed by atoms with van der Waals surface area (Å²) in [5.74, 6) is -1.23. The SMILES string of the molecule is NC(=O)c1ccc(Oc2cccc(Cl)c2C(=O)O)cc1. The van der Waals surface area contributed by atoms with Gasteiger partial charge >= 0.3 is 5.97 Å². The fourth-order valence-corrected chi connectivity index (χ4v) is 1.86. The van der Waals surface area contributed by atoms with E-state index >= 15 is 0 Å². The predicted octanol–water partition coefficient (Wildman–Crippen LogP) is 2.93. The van der Waals surface area contributed by atoms with Crippen LogP contribution in [0.2, 0.25) is 5.02 Å². The van der Waals surface area contributed by atoms with Crippen molar-refractivity contribution in [1.82, 2.24) is 0 Å². The van der Waals surface area contributed by atoms with Crippen molar-refractivity contribution in [2.75, 3.05) is 0 Å². The van der Waals surface area contributed by atoms with Crippen LogP contribution in [-0.4, -0.2) is 17.0 Å². The summed E-state index contributed by atoms with van der Waals surface area (Å²) in [5, 5.41) is 9.20. The summed E-state index contributed by atoms with van der Waals surface area (Å²) in [6, 6.07) is 10.6. The lowest BCUT2D eigenvalue weighted by Gasteiger charge is -2.10. The van der Waals surface area contributed by atoms with Crippen molar-refractivity contribution in [2.45, 2.75) is 0 Å². The Kier molecular flexibility index (Phi) is 3.91. The molecule has 2 aromatic rings. The number of rotatable bonds is 4. The number of halogens is 1. The van der Waals surface area contributed by atoms with Crippen molar-refractivity contribution in [1.29, 1.82) is 0 Å². The number of carbonyl (C=O) groups is 2. The first-order chi connectivity index (χ1) is 9.49. The number of carbonyl (C=O) groups excluding carboxylic acids is 1. The molecule has 2 rings (SSSR count). The molecule has 2 aromatic carbocycles. The normalized spacial score (nSPS) is 10.1. The number of amides is 1. The average molecular weight is 292 g/mol. The van der Waals surface area contributed by atoms with Gasteiger partial charge in [-0.15, -0.1) is 0 Å². The molecule has 0 aliphatic rings. The molecule has 5 nitrogen and oxygen atoms in total. The van der Waals surface area contributed by atoms with Gasteiger partial charge in [-0.1, -0.05) is 17.7 Å². The van der Waals surface area contributed by atoms with Gasteiger partial charge < -0.3 is 15.6 Å². The van der Waals surface area contributed by atoms with Gasteiger partial charge in [0.2, 0.25) is 5.91 Å². The van der Waals surface area contributed by atoms with Crippen LogP contribution in [-0.2, 0) is 0 Å². The molecule has 6 heteroatoms. The molecule has 0 aliphatic carbocycles. The lowest BCUT2D eigenvalue weighted by Crippen LogP contribution is -2.10. The maximum Gasteiger partial charge on any atom is 0.341 e. The highest BCUT2D eigenvalue weighted by Gasteiger charge is 2.16. The number of benzene rings is 2. The molecule has 0 spiro atoms. The third-order valence-electron chi connectivity index (χ3n) is 2.56. The minimum atomic E-state index is -1.18. The monoisotopic (exact) mass is 291 g/mol. The molecule has 0 saturated carbocycles. The third kappa shape index (κ3) is 2.89. The Morgan fingerprint density at radius 2 is 1.75 bits per heavy atom. The summed E-state index contributed by atoms with van der Waals surface area (Å²) >= 11 is 5.84. The first kappa shape index (κ1) is 13.9. The number of carboxylic acids is 1. The summed E-state index contributed by atoms with van der Waals surface area (Å²) in [4.78, 5) is 22.1. The van der Waals surface area contributed by atoms with Gasteiger partial charge in [0.05, 0.1) is 5.02 Å². The molecule has 0 unspecified atom stereocenters. The number of primary amides is 1. The smallest absolute Gasteiger partial charge is 0.341 e. The molecular weight excluding hydrogens is 282 g/mol. The van der Waals surface area contributed by atoms with Crippen LogP contribution in [0.25, 0.3) is 0 Å². The van der Waals surface area contributed by atoms with E-state index in [0.29, 0.717) is 11.3 Å². The molecule has 0 atom stereocenters. The zero-order valence-corrected chi connectivity index (χ0v) is 10.9. The van der Waals surface area contributed by atoms with E-state index in [4.69, 9.17) is 27.2 Å².